The predicted octanol–water partition coefficient (Wildman–Crippen LogP) is 3.63. The first-order chi connectivity index (χ1) is 6.59. The van der Waals surface area contributed by atoms with Gasteiger partial charge in [0, 0.05) is 4.47 Å². The van der Waals surface area contributed by atoms with Gasteiger partial charge in [0.05, 0.1) is 5.39 Å². The fourth-order valence-corrected chi connectivity index (χ4v) is 1.88. The Morgan fingerprint density at radius 1 is 1.21 bits per heavy atom. The Bertz CT molecular complexity index is 558. The quantitative estimate of drug-likeness (QED) is 0.742. The molecule has 0 fully saturated rings. The summed E-state index contributed by atoms with van der Waals surface area (Å²) in [5.41, 5.74) is 1.61. The zero-order chi connectivity index (χ0) is 10.3. The van der Waals surface area contributed by atoms with Crippen LogP contribution >= 0.6 is 31.9 Å². The highest BCUT2D eigenvalue weighted by Crippen LogP contribution is 2.23. The summed E-state index contributed by atoms with van der Waals surface area (Å²) < 4.78 is 6.65. The van der Waals surface area contributed by atoms with Crippen molar-refractivity contribution in [3.8, 4) is 0 Å². The molecule has 72 valence electrons. The maximum Gasteiger partial charge on any atom is 0.206 e. The van der Waals surface area contributed by atoms with E-state index in [1.807, 2.05) is 13.0 Å². The van der Waals surface area contributed by atoms with Crippen LogP contribution in [0.2, 0.25) is 0 Å². The molecular weight excluding hydrogens is 312 g/mol. The number of benzene rings is 1. The second kappa shape index (κ2) is 3.51. The highest BCUT2D eigenvalue weighted by atomic mass is 79.9. The SMILES string of the molecule is Cc1cc2occ(Br)c(=O)c2cc1Br. The zero-order valence-electron chi connectivity index (χ0n) is 7.30. The van der Waals surface area contributed by atoms with E-state index in [0.717, 1.165) is 10.0 Å². The summed E-state index contributed by atoms with van der Waals surface area (Å²) in [7, 11) is 0. The lowest BCUT2D eigenvalue weighted by atomic mass is 10.2. The molecule has 0 amide bonds. The van der Waals surface area contributed by atoms with Gasteiger partial charge in [-0.2, -0.15) is 0 Å². The lowest BCUT2D eigenvalue weighted by Gasteiger charge is -2.01. The van der Waals surface area contributed by atoms with Gasteiger partial charge in [0.1, 0.15) is 16.3 Å². The van der Waals surface area contributed by atoms with Crippen LogP contribution in [0.4, 0.5) is 0 Å². The summed E-state index contributed by atoms with van der Waals surface area (Å²) in [5, 5.41) is 0.580. The Balaban J connectivity index is 2.97. The Kier molecular flexibility index (Phi) is 2.49. The Morgan fingerprint density at radius 3 is 2.64 bits per heavy atom. The van der Waals surface area contributed by atoms with Gasteiger partial charge >= 0.3 is 0 Å². The average molecular weight is 318 g/mol. The van der Waals surface area contributed by atoms with Crippen molar-refractivity contribution in [1.29, 1.82) is 0 Å². The molecular formula is C10H6Br2O2. The van der Waals surface area contributed by atoms with Crippen LogP contribution in [0.5, 0.6) is 0 Å². The molecule has 0 spiro atoms. The van der Waals surface area contributed by atoms with Gasteiger partial charge < -0.3 is 4.42 Å². The van der Waals surface area contributed by atoms with Crippen molar-refractivity contribution < 1.29 is 4.42 Å². The van der Waals surface area contributed by atoms with E-state index in [0.29, 0.717) is 15.4 Å². The maximum absolute atomic E-state index is 11.7. The Morgan fingerprint density at radius 2 is 1.93 bits per heavy atom. The molecule has 2 rings (SSSR count). The predicted molar refractivity (Wildman–Crippen MR) is 62.6 cm³/mol. The smallest absolute Gasteiger partial charge is 0.206 e. The third kappa shape index (κ3) is 1.53. The topological polar surface area (TPSA) is 30.2 Å². The van der Waals surface area contributed by atoms with E-state index in [9.17, 15) is 4.79 Å². The first-order valence-electron chi connectivity index (χ1n) is 3.97. The molecule has 0 radical (unpaired) electrons. The minimum Gasteiger partial charge on any atom is -0.463 e. The number of aryl methyl sites for hydroxylation is 1. The summed E-state index contributed by atoms with van der Waals surface area (Å²) in [5.74, 6) is 0. The van der Waals surface area contributed by atoms with E-state index in [4.69, 9.17) is 4.42 Å². The van der Waals surface area contributed by atoms with Crippen molar-refractivity contribution in [2.45, 2.75) is 6.92 Å². The first kappa shape index (κ1) is 9.93. The molecule has 0 saturated carbocycles. The number of hydrogen-bond donors (Lipinski definition) is 0. The lowest BCUT2D eigenvalue weighted by molar-refractivity contribution is 0.598. The molecule has 14 heavy (non-hydrogen) atoms. The molecule has 0 aliphatic carbocycles. The summed E-state index contributed by atoms with van der Waals surface area (Å²) in [4.78, 5) is 11.7. The van der Waals surface area contributed by atoms with Gasteiger partial charge in [0.2, 0.25) is 5.43 Å². The summed E-state index contributed by atoms with van der Waals surface area (Å²) in [6, 6.07) is 3.62. The largest absolute Gasteiger partial charge is 0.463 e. The lowest BCUT2D eigenvalue weighted by Crippen LogP contribution is -2.01. The number of fused-ring (bicyclic) bond motifs is 1. The molecule has 0 N–H and O–H groups in total. The van der Waals surface area contributed by atoms with Crippen LogP contribution in [0.15, 0.2) is 36.6 Å². The minimum atomic E-state index is -0.0491. The highest BCUT2D eigenvalue weighted by Gasteiger charge is 2.06. The van der Waals surface area contributed by atoms with Crippen molar-refractivity contribution in [2.24, 2.45) is 0 Å². The van der Waals surface area contributed by atoms with Crippen LogP contribution in [0.1, 0.15) is 5.56 Å². The van der Waals surface area contributed by atoms with Crippen LogP contribution in [-0.2, 0) is 0 Å². The summed E-state index contributed by atoms with van der Waals surface area (Å²) in [6.45, 7) is 1.95. The van der Waals surface area contributed by atoms with Gasteiger partial charge in [-0.3, -0.25) is 4.79 Å². The number of hydrogen-bond acceptors (Lipinski definition) is 2. The Hall–Kier alpha value is -0.610. The van der Waals surface area contributed by atoms with Gasteiger partial charge in [0.25, 0.3) is 0 Å². The monoisotopic (exact) mass is 316 g/mol. The number of halogens is 2. The molecule has 0 bridgehead atoms. The van der Waals surface area contributed by atoms with E-state index in [-0.39, 0.29) is 5.43 Å². The van der Waals surface area contributed by atoms with Crippen molar-refractivity contribution in [3.05, 3.63) is 43.1 Å². The van der Waals surface area contributed by atoms with E-state index in [2.05, 4.69) is 31.9 Å². The van der Waals surface area contributed by atoms with Crippen molar-refractivity contribution in [1.82, 2.24) is 0 Å². The van der Waals surface area contributed by atoms with Crippen LogP contribution in [0.25, 0.3) is 11.0 Å². The Labute approximate surface area is 97.2 Å². The average Bonchev–Trinajstić information content (AvgIpc) is 2.15. The maximum atomic E-state index is 11.7. The third-order valence-corrected chi connectivity index (χ3v) is 3.41. The molecule has 0 aliphatic heterocycles. The molecule has 1 aromatic heterocycles. The summed E-state index contributed by atoms with van der Waals surface area (Å²) in [6.07, 6.45) is 1.41. The van der Waals surface area contributed by atoms with Crippen molar-refractivity contribution in [3.63, 3.8) is 0 Å². The van der Waals surface area contributed by atoms with Gasteiger partial charge in [0.15, 0.2) is 0 Å². The van der Waals surface area contributed by atoms with Crippen LogP contribution in [0, 0.1) is 6.92 Å². The van der Waals surface area contributed by atoms with Crippen molar-refractivity contribution >= 4 is 42.8 Å². The van der Waals surface area contributed by atoms with Crippen LogP contribution in [-0.4, -0.2) is 0 Å². The normalized spacial score (nSPS) is 10.8. The minimum absolute atomic E-state index is 0.0491. The fourth-order valence-electron chi connectivity index (χ4n) is 1.23. The van der Waals surface area contributed by atoms with Crippen LogP contribution in [0.3, 0.4) is 0 Å². The van der Waals surface area contributed by atoms with E-state index in [1.54, 1.807) is 6.07 Å². The molecule has 0 aliphatic rings. The standard InChI is InChI=1S/C10H6Br2O2/c1-5-2-9-6(3-7(5)11)10(13)8(12)4-14-9/h2-4H,1H3. The highest BCUT2D eigenvalue weighted by molar-refractivity contribution is 9.10. The molecule has 2 nitrogen and oxygen atoms in total. The molecule has 0 unspecified atom stereocenters. The molecule has 4 heteroatoms. The van der Waals surface area contributed by atoms with Gasteiger partial charge in [-0.1, -0.05) is 15.9 Å². The molecule has 0 atom stereocenters. The molecule has 2 aromatic rings. The van der Waals surface area contributed by atoms with Gasteiger partial charge in [-0.25, -0.2) is 0 Å². The van der Waals surface area contributed by atoms with Crippen LogP contribution < -0.4 is 5.43 Å². The molecule has 1 aromatic carbocycles. The third-order valence-electron chi connectivity index (χ3n) is 2.01. The van der Waals surface area contributed by atoms with E-state index < -0.39 is 0 Å². The van der Waals surface area contributed by atoms with E-state index >= 15 is 0 Å². The second-order valence-electron chi connectivity index (χ2n) is 3.01. The molecule has 1 heterocycles. The first-order valence-corrected chi connectivity index (χ1v) is 5.55. The second-order valence-corrected chi connectivity index (χ2v) is 4.72. The molecule has 0 saturated heterocycles. The number of rotatable bonds is 0. The van der Waals surface area contributed by atoms with Crippen molar-refractivity contribution in [2.75, 3.05) is 0 Å². The zero-order valence-corrected chi connectivity index (χ0v) is 10.5. The van der Waals surface area contributed by atoms with E-state index in [1.165, 1.54) is 6.26 Å². The summed E-state index contributed by atoms with van der Waals surface area (Å²) >= 11 is 6.52. The van der Waals surface area contributed by atoms with Gasteiger partial charge in [-0.05, 0) is 40.5 Å². The van der Waals surface area contributed by atoms with Gasteiger partial charge in [-0.15, -0.1) is 0 Å². The fraction of sp³-hybridized carbons (Fsp3) is 0.100.